The second-order valence-corrected chi connectivity index (χ2v) is 5.68. The Balaban J connectivity index is 0.00000220. The van der Waals surface area contributed by atoms with Crippen LogP contribution in [0, 0.1) is 5.92 Å². The highest BCUT2D eigenvalue weighted by Gasteiger charge is 2.31. The monoisotopic (exact) mass is 340 g/mol. The number of alkyl halides is 3. The number of piperidine rings is 1. The van der Waals surface area contributed by atoms with Gasteiger partial charge in [0.15, 0.2) is 0 Å². The number of anilines is 1. The number of rotatable bonds is 3. The minimum Gasteiger partial charge on any atom is -0.325 e. The molecular formula is C13H16ClF3N2OS. The molecule has 1 saturated heterocycles. The maximum atomic E-state index is 12.5. The number of hydrogen-bond donors (Lipinski definition) is 2. The fraction of sp³-hybridized carbons (Fsp3) is 0.462. The smallest absolute Gasteiger partial charge is 0.325 e. The molecule has 0 saturated carbocycles. The van der Waals surface area contributed by atoms with Crippen molar-refractivity contribution in [3.8, 4) is 0 Å². The van der Waals surface area contributed by atoms with Crippen LogP contribution in [-0.2, 0) is 4.79 Å². The van der Waals surface area contributed by atoms with Crippen LogP contribution in [-0.4, -0.2) is 24.5 Å². The van der Waals surface area contributed by atoms with E-state index in [0.717, 1.165) is 19.4 Å². The Morgan fingerprint density at radius 1 is 1.33 bits per heavy atom. The number of amides is 1. The van der Waals surface area contributed by atoms with Gasteiger partial charge in [-0.3, -0.25) is 4.79 Å². The Labute approximate surface area is 131 Å². The third kappa shape index (κ3) is 5.76. The average Bonchev–Trinajstić information content (AvgIpc) is 2.40. The van der Waals surface area contributed by atoms with Crippen molar-refractivity contribution < 1.29 is 18.0 Å². The molecule has 0 bridgehead atoms. The van der Waals surface area contributed by atoms with Crippen molar-refractivity contribution in [2.75, 3.05) is 18.4 Å². The highest BCUT2D eigenvalue weighted by atomic mass is 35.5. The van der Waals surface area contributed by atoms with Crippen molar-refractivity contribution in [2.24, 2.45) is 5.92 Å². The van der Waals surface area contributed by atoms with Crippen LogP contribution in [0.5, 0.6) is 0 Å². The maximum Gasteiger partial charge on any atom is 0.446 e. The minimum absolute atomic E-state index is 0. The summed E-state index contributed by atoms with van der Waals surface area (Å²) in [5, 5.41) is 5.71. The Morgan fingerprint density at radius 2 is 2.05 bits per heavy atom. The number of para-hydroxylation sites is 1. The van der Waals surface area contributed by atoms with E-state index >= 15 is 0 Å². The summed E-state index contributed by atoms with van der Waals surface area (Å²) in [6.45, 7) is 1.45. The molecule has 8 heteroatoms. The number of carbonyl (C=O) groups excluding carboxylic acids is 1. The van der Waals surface area contributed by atoms with Gasteiger partial charge in [-0.05, 0) is 43.3 Å². The molecule has 0 aliphatic carbocycles. The van der Waals surface area contributed by atoms with Crippen molar-refractivity contribution >= 4 is 35.8 Å². The second-order valence-electron chi connectivity index (χ2n) is 4.58. The predicted octanol–water partition coefficient (Wildman–Crippen LogP) is 3.66. The zero-order valence-electron chi connectivity index (χ0n) is 11.1. The van der Waals surface area contributed by atoms with E-state index in [1.54, 1.807) is 6.07 Å². The molecule has 1 aromatic carbocycles. The van der Waals surface area contributed by atoms with Crippen LogP contribution in [0.25, 0.3) is 0 Å². The van der Waals surface area contributed by atoms with Crippen LogP contribution < -0.4 is 10.6 Å². The highest BCUT2D eigenvalue weighted by Crippen LogP contribution is 2.40. The van der Waals surface area contributed by atoms with Gasteiger partial charge in [-0.2, -0.15) is 13.2 Å². The Hall–Kier alpha value is -0.920. The first kappa shape index (κ1) is 18.1. The van der Waals surface area contributed by atoms with E-state index in [1.807, 2.05) is 0 Å². The Morgan fingerprint density at radius 3 is 2.67 bits per heavy atom. The quantitative estimate of drug-likeness (QED) is 0.825. The summed E-state index contributed by atoms with van der Waals surface area (Å²) in [6.07, 6.45) is 1.66. The molecule has 1 heterocycles. The lowest BCUT2D eigenvalue weighted by molar-refractivity contribution is -0.120. The van der Waals surface area contributed by atoms with Gasteiger partial charge in [0.2, 0.25) is 5.91 Å². The topological polar surface area (TPSA) is 41.1 Å². The molecule has 21 heavy (non-hydrogen) atoms. The molecule has 1 amide bonds. The lowest BCUT2D eigenvalue weighted by Gasteiger charge is -2.22. The average molecular weight is 341 g/mol. The molecule has 1 aromatic rings. The van der Waals surface area contributed by atoms with Crippen molar-refractivity contribution in [2.45, 2.75) is 23.2 Å². The first-order valence-electron chi connectivity index (χ1n) is 6.32. The highest BCUT2D eigenvalue weighted by molar-refractivity contribution is 8.00. The van der Waals surface area contributed by atoms with Gasteiger partial charge in [-0.15, -0.1) is 12.4 Å². The molecule has 1 aliphatic rings. The number of nitrogens with one attached hydrogen (secondary N) is 2. The molecule has 118 valence electrons. The van der Waals surface area contributed by atoms with Gasteiger partial charge in [-0.1, -0.05) is 12.1 Å². The molecule has 1 unspecified atom stereocenters. The fourth-order valence-corrected chi connectivity index (χ4v) is 2.72. The van der Waals surface area contributed by atoms with E-state index in [1.165, 1.54) is 18.2 Å². The zero-order valence-corrected chi connectivity index (χ0v) is 12.7. The fourth-order valence-electron chi connectivity index (χ4n) is 2.09. The molecule has 3 nitrogen and oxygen atoms in total. The molecule has 2 rings (SSSR count). The van der Waals surface area contributed by atoms with E-state index in [9.17, 15) is 18.0 Å². The van der Waals surface area contributed by atoms with Crippen LogP contribution in [0.2, 0.25) is 0 Å². The predicted molar refractivity (Wildman–Crippen MR) is 79.8 cm³/mol. The summed E-state index contributed by atoms with van der Waals surface area (Å²) < 4.78 is 37.4. The van der Waals surface area contributed by atoms with Crippen LogP contribution in [0.15, 0.2) is 29.2 Å². The number of benzene rings is 1. The summed E-state index contributed by atoms with van der Waals surface area (Å²) in [7, 11) is 0. The van der Waals surface area contributed by atoms with Gasteiger partial charge in [0, 0.05) is 11.4 Å². The molecular weight excluding hydrogens is 325 g/mol. The van der Waals surface area contributed by atoms with Gasteiger partial charge in [0.25, 0.3) is 0 Å². The van der Waals surface area contributed by atoms with E-state index in [4.69, 9.17) is 0 Å². The molecule has 1 fully saturated rings. The molecule has 0 spiro atoms. The molecule has 2 N–H and O–H groups in total. The number of hydrogen-bond acceptors (Lipinski definition) is 3. The lowest BCUT2D eigenvalue weighted by atomic mass is 9.99. The van der Waals surface area contributed by atoms with E-state index < -0.39 is 5.51 Å². The molecule has 0 aromatic heterocycles. The second kappa shape index (κ2) is 7.91. The van der Waals surface area contributed by atoms with Crippen molar-refractivity contribution in [3.05, 3.63) is 24.3 Å². The maximum absolute atomic E-state index is 12.5. The van der Waals surface area contributed by atoms with Gasteiger partial charge < -0.3 is 10.6 Å². The first-order valence-corrected chi connectivity index (χ1v) is 7.14. The first-order chi connectivity index (χ1) is 9.46. The van der Waals surface area contributed by atoms with Crippen LogP contribution in [0.4, 0.5) is 18.9 Å². The number of halogens is 4. The largest absolute Gasteiger partial charge is 0.446 e. The van der Waals surface area contributed by atoms with Crippen LogP contribution in [0.3, 0.4) is 0 Å². The lowest BCUT2D eigenvalue weighted by Crippen LogP contribution is -2.37. The third-order valence-corrected chi connectivity index (χ3v) is 3.85. The zero-order chi connectivity index (χ0) is 14.6. The van der Waals surface area contributed by atoms with Gasteiger partial charge in [0.05, 0.1) is 11.6 Å². The third-order valence-electron chi connectivity index (χ3n) is 3.04. The summed E-state index contributed by atoms with van der Waals surface area (Å²) in [5.74, 6) is -0.417. The normalized spacial score (nSPS) is 18.7. The molecule has 0 radical (unpaired) electrons. The summed E-state index contributed by atoms with van der Waals surface area (Å²) in [4.78, 5) is 12.1. The van der Waals surface area contributed by atoms with Crippen LogP contribution >= 0.6 is 24.2 Å². The molecule has 1 atom stereocenters. The summed E-state index contributed by atoms with van der Waals surface area (Å²) >= 11 is -0.214. The Bertz CT molecular complexity index is 479. The van der Waals surface area contributed by atoms with E-state index in [-0.39, 0.29) is 46.6 Å². The van der Waals surface area contributed by atoms with Crippen molar-refractivity contribution in [3.63, 3.8) is 0 Å². The minimum atomic E-state index is -4.37. The van der Waals surface area contributed by atoms with Gasteiger partial charge in [0.1, 0.15) is 0 Å². The van der Waals surface area contributed by atoms with Gasteiger partial charge >= 0.3 is 5.51 Å². The summed E-state index contributed by atoms with van der Waals surface area (Å²) in [6, 6.07) is 5.97. The number of carbonyl (C=O) groups is 1. The van der Waals surface area contributed by atoms with Crippen molar-refractivity contribution in [1.29, 1.82) is 0 Å². The molecule has 1 aliphatic heterocycles. The summed E-state index contributed by atoms with van der Waals surface area (Å²) in [5.41, 5.74) is -4.15. The van der Waals surface area contributed by atoms with Crippen LogP contribution in [0.1, 0.15) is 12.8 Å². The van der Waals surface area contributed by atoms with E-state index in [0.29, 0.717) is 6.54 Å². The van der Waals surface area contributed by atoms with Crippen molar-refractivity contribution in [1.82, 2.24) is 5.32 Å². The standard InChI is InChI=1S/C13H15F3N2OS.ClH/c14-13(15,16)20-11-6-2-1-5-10(11)18-12(19)9-4-3-7-17-8-9;/h1-2,5-6,9,17H,3-4,7-8H2,(H,18,19);1H. The number of thioether (sulfide) groups is 1. The SMILES string of the molecule is Cl.O=C(Nc1ccccc1SC(F)(F)F)C1CCCNC1. The van der Waals surface area contributed by atoms with E-state index in [2.05, 4.69) is 10.6 Å². The van der Waals surface area contributed by atoms with Gasteiger partial charge in [-0.25, -0.2) is 0 Å². The Kier molecular flexibility index (Phi) is 6.83.